The summed E-state index contributed by atoms with van der Waals surface area (Å²) < 4.78 is 0. The standard InChI is InChI=1S/C17H26N2/c18-15-10-2-1-3-12-17(15)19-13-7-6-9-14-8-4-5-11-16(14)19/h4-5,8,11,15,17H,1-3,6-7,9-10,12-13,18H2. The third-order valence-corrected chi connectivity index (χ3v) is 4.83. The molecule has 0 spiro atoms. The van der Waals surface area contributed by atoms with Gasteiger partial charge in [-0.05, 0) is 43.7 Å². The predicted molar refractivity (Wildman–Crippen MR) is 81.6 cm³/mol. The molecule has 3 rings (SSSR count). The van der Waals surface area contributed by atoms with Crippen LogP contribution in [0, 0.1) is 0 Å². The van der Waals surface area contributed by atoms with Gasteiger partial charge in [0.25, 0.3) is 0 Å². The number of anilines is 1. The first-order valence-corrected chi connectivity index (χ1v) is 7.96. The minimum Gasteiger partial charge on any atom is -0.367 e. The summed E-state index contributed by atoms with van der Waals surface area (Å²) in [5.41, 5.74) is 9.46. The summed E-state index contributed by atoms with van der Waals surface area (Å²) in [6.45, 7) is 1.19. The van der Waals surface area contributed by atoms with E-state index in [1.54, 1.807) is 0 Å². The Balaban J connectivity index is 1.90. The number of aryl methyl sites for hydroxylation is 1. The van der Waals surface area contributed by atoms with Gasteiger partial charge in [-0.3, -0.25) is 0 Å². The molecule has 0 bridgehead atoms. The zero-order valence-electron chi connectivity index (χ0n) is 11.9. The third kappa shape index (κ3) is 2.79. The molecule has 2 unspecified atom stereocenters. The van der Waals surface area contributed by atoms with Crippen LogP contribution >= 0.6 is 0 Å². The summed E-state index contributed by atoms with van der Waals surface area (Å²) >= 11 is 0. The molecule has 1 aromatic rings. The van der Waals surface area contributed by atoms with E-state index in [0.29, 0.717) is 12.1 Å². The fraction of sp³-hybridized carbons (Fsp3) is 0.647. The molecule has 1 aliphatic carbocycles. The number of rotatable bonds is 1. The van der Waals surface area contributed by atoms with Crippen molar-refractivity contribution in [3.05, 3.63) is 29.8 Å². The Morgan fingerprint density at radius 1 is 0.947 bits per heavy atom. The topological polar surface area (TPSA) is 29.3 Å². The maximum atomic E-state index is 6.48. The molecule has 1 heterocycles. The van der Waals surface area contributed by atoms with Crippen molar-refractivity contribution in [1.29, 1.82) is 0 Å². The molecular formula is C17H26N2. The molecule has 2 N–H and O–H groups in total. The molecule has 1 saturated carbocycles. The monoisotopic (exact) mass is 258 g/mol. The van der Waals surface area contributed by atoms with Crippen molar-refractivity contribution in [3.8, 4) is 0 Å². The van der Waals surface area contributed by atoms with E-state index in [-0.39, 0.29) is 0 Å². The largest absolute Gasteiger partial charge is 0.367 e. The highest BCUT2D eigenvalue weighted by Gasteiger charge is 2.28. The maximum absolute atomic E-state index is 6.48. The van der Waals surface area contributed by atoms with Crippen molar-refractivity contribution >= 4 is 5.69 Å². The maximum Gasteiger partial charge on any atom is 0.0441 e. The fourth-order valence-electron chi connectivity index (χ4n) is 3.77. The molecule has 1 fully saturated rings. The zero-order valence-corrected chi connectivity index (χ0v) is 11.9. The number of nitrogens with zero attached hydrogens (tertiary/aromatic N) is 1. The first-order chi connectivity index (χ1) is 9.36. The van der Waals surface area contributed by atoms with Gasteiger partial charge in [-0.1, -0.05) is 37.5 Å². The number of nitrogens with two attached hydrogens (primary N) is 1. The first kappa shape index (κ1) is 13.0. The van der Waals surface area contributed by atoms with Gasteiger partial charge in [-0.25, -0.2) is 0 Å². The summed E-state index contributed by atoms with van der Waals surface area (Å²) in [5.74, 6) is 0. The van der Waals surface area contributed by atoms with E-state index in [2.05, 4.69) is 29.2 Å². The fourth-order valence-corrected chi connectivity index (χ4v) is 3.77. The normalized spacial score (nSPS) is 28.4. The van der Waals surface area contributed by atoms with Crippen LogP contribution in [0.2, 0.25) is 0 Å². The first-order valence-electron chi connectivity index (χ1n) is 7.96. The highest BCUT2D eigenvalue weighted by atomic mass is 15.2. The lowest BCUT2D eigenvalue weighted by atomic mass is 10.00. The van der Waals surface area contributed by atoms with Crippen LogP contribution in [0.4, 0.5) is 5.69 Å². The Hall–Kier alpha value is -1.02. The van der Waals surface area contributed by atoms with Gasteiger partial charge < -0.3 is 10.6 Å². The molecule has 1 aromatic carbocycles. The van der Waals surface area contributed by atoms with Crippen molar-refractivity contribution in [2.45, 2.75) is 63.5 Å². The number of benzene rings is 1. The van der Waals surface area contributed by atoms with E-state index in [1.807, 2.05) is 0 Å². The van der Waals surface area contributed by atoms with Crippen LogP contribution < -0.4 is 10.6 Å². The number of fused-ring (bicyclic) bond motifs is 1. The zero-order chi connectivity index (χ0) is 13.1. The molecule has 2 heteroatoms. The molecule has 19 heavy (non-hydrogen) atoms. The Bertz CT molecular complexity index is 415. The highest BCUT2D eigenvalue weighted by molar-refractivity contribution is 5.55. The van der Waals surface area contributed by atoms with Crippen molar-refractivity contribution in [3.63, 3.8) is 0 Å². The Labute approximate surface area is 117 Å². The Morgan fingerprint density at radius 2 is 1.79 bits per heavy atom. The van der Waals surface area contributed by atoms with E-state index in [4.69, 9.17) is 5.73 Å². The van der Waals surface area contributed by atoms with Crippen LogP contribution in [-0.4, -0.2) is 18.6 Å². The molecule has 2 aliphatic rings. The van der Waals surface area contributed by atoms with Crippen LogP contribution in [-0.2, 0) is 6.42 Å². The van der Waals surface area contributed by atoms with Crippen LogP contribution in [0.3, 0.4) is 0 Å². The Morgan fingerprint density at radius 3 is 2.74 bits per heavy atom. The predicted octanol–water partition coefficient (Wildman–Crippen LogP) is 3.49. The number of hydrogen-bond donors (Lipinski definition) is 1. The molecule has 0 amide bonds. The molecule has 2 nitrogen and oxygen atoms in total. The second kappa shape index (κ2) is 5.96. The lowest BCUT2D eigenvalue weighted by Crippen LogP contribution is -2.48. The molecule has 0 aromatic heterocycles. The summed E-state index contributed by atoms with van der Waals surface area (Å²) in [7, 11) is 0. The van der Waals surface area contributed by atoms with Crippen molar-refractivity contribution < 1.29 is 0 Å². The van der Waals surface area contributed by atoms with Gasteiger partial charge >= 0.3 is 0 Å². The third-order valence-electron chi connectivity index (χ3n) is 4.83. The van der Waals surface area contributed by atoms with Crippen LogP contribution in [0.1, 0.15) is 50.5 Å². The van der Waals surface area contributed by atoms with Gasteiger partial charge in [0.1, 0.15) is 0 Å². The van der Waals surface area contributed by atoms with Gasteiger partial charge in [-0.15, -0.1) is 0 Å². The van der Waals surface area contributed by atoms with Crippen LogP contribution in [0.15, 0.2) is 24.3 Å². The molecule has 2 atom stereocenters. The molecule has 1 aliphatic heterocycles. The van der Waals surface area contributed by atoms with Gasteiger partial charge in [0.2, 0.25) is 0 Å². The van der Waals surface area contributed by atoms with Crippen LogP contribution in [0.25, 0.3) is 0 Å². The van der Waals surface area contributed by atoms with Crippen molar-refractivity contribution in [2.24, 2.45) is 5.73 Å². The summed E-state index contributed by atoms with van der Waals surface area (Å²) in [6.07, 6.45) is 10.3. The van der Waals surface area contributed by atoms with Gasteiger partial charge in [0.15, 0.2) is 0 Å². The molecular weight excluding hydrogens is 232 g/mol. The number of para-hydroxylation sites is 1. The summed E-state index contributed by atoms with van der Waals surface area (Å²) in [6, 6.07) is 9.87. The van der Waals surface area contributed by atoms with Gasteiger partial charge in [0.05, 0.1) is 0 Å². The van der Waals surface area contributed by atoms with Crippen molar-refractivity contribution in [2.75, 3.05) is 11.4 Å². The summed E-state index contributed by atoms with van der Waals surface area (Å²) in [4.78, 5) is 2.64. The second-order valence-corrected chi connectivity index (χ2v) is 6.15. The van der Waals surface area contributed by atoms with E-state index in [1.165, 1.54) is 69.2 Å². The SMILES string of the molecule is NC1CCCCCC1N1CCCCc2ccccc21. The molecule has 0 radical (unpaired) electrons. The molecule has 0 saturated heterocycles. The van der Waals surface area contributed by atoms with E-state index >= 15 is 0 Å². The minimum absolute atomic E-state index is 0.355. The van der Waals surface area contributed by atoms with Gasteiger partial charge in [0, 0.05) is 24.3 Å². The lowest BCUT2D eigenvalue weighted by Gasteiger charge is -2.36. The van der Waals surface area contributed by atoms with Crippen LogP contribution in [0.5, 0.6) is 0 Å². The highest BCUT2D eigenvalue weighted by Crippen LogP contribution is 2.31. The quantitative estimate of drug-likeness (QED) is 0.781. The average Bonchev–Trinajstić information content (AvgIpc) is 2.76. The summed E-state index contributed by atoms with van der Waals surface area (Å²) in [5, 5.41) is 0. The average molecular weight is 258 g/mol. The Kier molecular flexibility index (Phi) is 4.07. The smallest absolute Gasteiger partial charge is 0.0441 e. The van der Waals surface area contributed by atoms with Crippen molar-refractivity contribution in [1.82, 2.24) is 0 Å². The second-order valence-electron chi connectivity index (χ2n) is 6.15. The van der Waals surface area contributed by atoms with E-state index in [9.17, 15) is 0 Å². The molecule has 104 valence electrons. The van der Waals surface area contributed by atoms with E-state index < -0.39 is 0 Å². The van der Waals surface area contributed by atoms with E-state index in [0.717, 1.165) is 0 Å². The van der Waals surface area contributed by atoms with Gasteiger partial charge in [-0.2, -0.15) is 0 Å². The number of hydrogen-bond acceptors (Lipinski definition) is 2. The lowest BCUT2D eigenvalue weighted by molar-refractivity contribution is 0.459. The minimum atomic E-state index is 0.355.